The van der Waals surface area contributed by atoms with Crippen molar-refractivity contribution in [1.82, 2.24) is 10.6 Å². The molecule has 2 N–H and O–H groups in total. The van der Waals surface area contributed by atoms with Gasteiger partial charge in [-0.25, -0.2) is 4.79 Å². The van der Waals surface area contributed by atoms with E-state index in [0.717, 1.165) is 18.3 Å². The van der Waals surface area contributed by atoms with Crippen molar-refractivity contribution in [1.29, 1.82) is 0 Å². The van der Waals surface area contributed by atoms with E-state index in [2.05, 4.69) is 36.2 Å². The van der Waals surface area contributed by atoms with Gasteiger partial charge in [-0.05, 0) is 57.7 Å². The largest absolute Gasteiger partial charge is 0.444 e. The Morgan fingerprint density at radius 1 is 1.27 bits per heavy atom. The zero-order chi connectivity index (χ0) is 16.6. The van der Waals surface area contributed by atoms with Crippen molar-refractivity contribution < 1.29 is 9.53 Å². The summed E-state index contributed by atoms with van der Waals surface area (Å²) in [5.74, 6) is 2.27. The first-order valence-corrected chi connectivity index (χ1v) is 9.62. The van der Waals surface area contributed by atoms with Gasteiger partial charge in [-0.3, -0.25) is 0 Å². The number of amides is 1. The summed E-state index contributed by atoms with van der Waals surface area (Å²) in [6.07, 6.45) is 3.75. The Balaban J connectivity index is 2.25. The van der Waals surface area contributed by atoms with Crippen LogP contribution in [0.25, 0.3) is 0 Å². The Morgan fingerprint density at radius 3 is 2.55 bits per heavy atom. The first kappa shape index (κ1) is 19.6. The minimum Gasteiger partial charge on any atom is -0.444 e. The fraction of sp³-hybridized carbons (Fsp3) is 0.941. The third kappa shape index (κ3) is 8.89. The highest BCUT2D eigenvalue weighted by atomic mass is 32.2. The van der Waals surface area contributed by atoms with Crippen molar-refractivity contribution in [2.45, 2.75) is 64.7 Å². The molecule has 0 aliphatic carbocycles. The molecule has 1 fully saturated rings. The molecule has 0 aromatic heterocycles. The highest BCUT2D eigenvalue weighted by Crippen LogP contribution is 2.24. The zero-order valence-corrected chi connectivity index (χ0v) is 15.7. The Kier molecular flexibility index (Phi) is 8.62. The van der Waals surface area contributed by atoms with Crippen molar-refractivity contribution in [2.75, 3.05) is 25.4 Å². The van der Waals surface area contributed by atoms with E-state index >= 15 is 0 Å². The standard InChI is InChI=1S/C17H34N2O2S/c1-13(2)14(11-19-16(20)21-17(3,4)5)10-18-12-15-8-6-7-9-22-15/h13-15,18H,6-12H2,1-5H3,(H,19,20). The van der Waals surface area contributed by atoms with Gasteiger partial charge in [0.05, 0.1) is 0 Å². The number of thioether (sulfide) groups is 1. The fourth-order valence-corrected chi connectivity index (χ4v) is 3.74. The number of hydrogen-bond acceptors (Lipinski definition) is 4. The Bertz CT molecular complexity index is 323. The summed E-state index contributed by atoms with van der Waals surface area (Å²) in [5, 5.41) is 7.26. The Hall–Kier alpha value is -0.420. The van der Waals surface area contributed by atoms with Crippen LogP contribution in [0, 0.1) is 11.8 Å². The van der Waals surface area contributed by atoms with Crippen LogP contribution in [0.3, 0.4) is 0 Å². The van der Waals surface area contributed by atoms with Crippen molar-refractivity contribution in [3.63, 3.8) is 0 Å². The predicted octanol–water partition coefficient (Wildman–Crippen LogP) is 3.66. The lowest BCUT2D eigenvalue weighted by Crippen LogP contribution is -2.40. The number of hydrogen-bond donors (Lipinski definition) is 2. The maximum Gasteiger partial charge on any atom is 0.407 e. The molecule has 0 aromatic rings. The van der Waals surface area contributed by atoms with Crippen LogP contribution < -0.4 is 10.6 Å². The molecule has 1 heterocycles. The Morgan fingerprint density at radius 2 is 2.00 bits per heavy atom. The van der Waals surface area contributed by atoms with E-state index in [4.69, 9.17) is 4.74 Å². The smallest absolute Gasteiger partial charge is 0.407 e. The highest BCUT2D eigenvalue weighted by Gasteiger charge is 2.20. The molecule has 1 rings (SSSR count). The molecule has 130 valence electrons. The molecular formula is C17H34N2O2S. The van der Waals surface area contributed by atoms with Crippen LogP contribution in [-0.4, -0.2) is 42.3 Å². The lowest BCUT2D eigenvalue weighted by Gasteiger charge is -2.26. The van der Waals surface area contributed by atoms with Gasteiger partial charge in [-0.2, -0.15) is 11.8 Å². The topological polar surface area (TPSA) is 50.4 Å². The summed E-state index contributed by atoms with van der Waals surface area (Å²) in [6.45, 7) is 12.8. The van der Waals surface area contributed by atoms with Gasteiger partial charge < -0.3 is 15.4 Å². The first-order valence-electron chi connectivity index (χ1n) is 8.57. The molecule has 0 aromatic carbocycles. The monoisotopic (exact) mass is 330 g/mol. The van der Waals surface area contributed by atoms with Crippen molar-refractivity contribution in [3.8, 4) is 0 Å². The molecule has 2 unspecified atom stereocenters. The van der Waals surface area contributed by atoms with E-state index in [-0.39, 0.29) is 6.09 Å². The SMILES string of the molecule is CC(C)C(CNCC1CCCCS1)CNC(=O)OC(C)(C)C. The minimum atomic E-state index is -0.437. The van der Waals surface area contributed by atoms with Gasteiger partial charge in [0.2, 0.25) is 0 Å². The normalized spacial score (nSPS) is 20.7. The fourth-order valence-electron chi connectivity index (χ4n) is 2.47. The number of ether oxygens (including phenoxy) is 1. The average molecular weight is 331 g/mol. The van der Waals surface area contributed by atoms with E-state index in [1.165, 1.54) is 25.0 Å². The van der Waals surface area contributed by atoms with Gasteiger partial charge in [-0.15, -0.1) is 0 Å². The number of carbonyl (C=O) groups is 1. The van der Waals surface area contributed by atoms with Crippen LogP contribution in [0.2, 0.25) is 0 Å². The second-order valence-corrected chi connectivity index (χ2v) is 8.94. The molecule has 0 bridgehead atoms. The van der Waals surface area contributed by atoms with Crippen molar-refractivity contribution >= 4 is 17.9 Å². The van der Waals surface area contributed by atoms with Crippen LogP contribution in [-0.2, 0) is 4.74 Å². The molecule has 1 aliphatic heterocycles. The summed E-state index contributed by atoms with van der Waals surface area (Å²) >= 11 is 2.10. The van der Waals surface area contributed by atoms with Gasteiger partial charge >= 0.3 is 6.09 Å². The van der Waals surface area contributed by atoms with Crippen molar-refractivity contribution in [3.05, 3.63) is 0 Å². The summed E-state index contributed by atoms with van der Waals surface area (Å²) in [4.78, 5) is 11.7. The lowest BCUT2D eigenvalue weighted by atomic mass is 9.95. The molecule has 1 saturated heterocycles. The predicted molar refractivity (Wildman–Crippen MR) is 95.5 cm³/mol. The number of nitrogens with one attached hydrogen (secondary N) is 2. The van der Waals surface area contributed by atoms with Gasteiger partial charge in [-0.1, -0.05) is 20.3 Å². The molecule has 2 atom stereocenters. The molecule has 5 heteroatoms. The molecular weight excluding hydrogens is 296 g/mol. The lowest BCUT2D eigenvalue weighted by molar-refractivity contribution is 0.0515. The molecule has 0 saturated carbocycles. The van der Waals surface area contributed by atoms with Crippen LogP contribution in [0.5, 0.6) is 0 Å². The number of rotatable bonds is 7. The molecule has 0 radical (unpaired) electrons. The first-order chi connectivity index (χ1) is 10.3. The maximum absolute atomic E-state index is 11.7. The van der Waals surface area contributed by atoms with Gasteiger partial charge in [0.1, 0.15) is 5.60 Å². The maximum atomic E-state index is 11.7. The van der Waals surface area contributed by atoms with Gasteiger partial charge in [0.25, 0.3) is 0 Å². The number of alkyl carbamates (subject to hydrolysis) is 1. The van der Waals surface area contributed by atoms with Crippen LogP contribution in [0.15, 0.2) is 0 Å². The quantitative estimate of drug-likeness (QED) is 0.748. The summed E-state index contributed by atoms with van der Waals surface area (Å²) in [6, 6.07) is 0. The minimum absolute atomic E-state index is 0.319. The summed E-state index contributed by atoms with van der Waals surface area (Å²) in [7, 11) is 0. The van der Waals surface area contributed by atoms with E-state index < -0.39 is 5.60 Å². The Labute approximate surface area is 140 Å². The second kappa shape index (κ2) is 9.66. The molecule has 0 spiro atoms. The summed E-state index contributed by atoms with van der Waals surface area (Å²) in [5.41, 5.74) is -0.437. The zero-order valence-electron chi connectivity index (χ0n) is 14.9. The van der Waals surface area contributed by atoms with Crippen LogP contribution in [0.4, 0.5) is 4.79 Å². The summed E-state index contributed by atoms with van der Waals surface area (Å²) < 4.78 is 5.29. The van der Waals surface area contributed by atoms with E-state index in [9.17, 15) is 4.79 Å². The highest BCUT2D eigenvalue weighted by molar-refractivity contribution is 7.99. The molecule has 1 aliphatic rings. The molecule has 1 amide bonds. The third-order valence-electron chi connectivity index (χ3n) is 3.90. The van der Waals surface area contributed by atoms with E-state index in [1.807, 2.05) is 20.8 Å². The van der Waals surface area contributed by atoms with Crippen molar-refractivity contribution in [2.24, 2.45) is 11.8 Å². The third-order valence-corrected chi connectivity index (χ3v) is 5.30. The van der Waals surface area contributed by atoms with Crippen LogP contribution in [0.1, 0.15) is 53.9 Å². The van der Waals surface area contributed by atoms with E-state index in [0.29, 0.717) is 18.4 Å². The van der Waals surface area contributed by atoms with Crippen LogP contribution >= 0.6 is 11.8 Å². The molecule has 22 heavy (non-hydrogen) atoms. The van der Waals surface area contributed by atoms with E-state index in [1.54, 1.807) is 0 Å². The van der Waals surface area contributed by atoms with Gasteiger partial charge in [0.15, 0.2) is 0 Å². The molecule has 4 nitrogen and oxygen atoms in total. The van der Waals surface area contributed by atoms with Gasteiger partial charge in [0, 0.05) is 18.3 Å². The average Bonchev–Trinajstić information content (AvgIpc) is 2.41. The number of carbonyl (C=O) groups excluding carboxylic acids is 1. The second-order valence-electron chi connectivity index (χ2n) is 7.53.